The number of para-hydroxylation sites is 1. The number of nitrogens with one attached hydrogen (secondary N) is 1. The van der Waals surface area contributed by atoms with Crippen LogP contribution >= 0.6 is 0 Å². The summed E-state index contributed by atoms with van der Waals surface area (Å²) in [4.78, 5) is 12.1. The number of fused-ring (bicyclic) bond motifs is 1. The maximum absolute atomic E-state index is 12.1. The minimum Gasteiger partial charge on any atom is -0.428 e. The number of hydrogen-bond donors (Lipinski definition) is 2. The van der Waals surface area contributed by atoms with E-state index in [-0.39, 0.29) is 5.91 Å². The van der Waals surface area contributed by atoms with Gasteiger partial charge < -0.3 is 10.5 Å². The molecule has 4 heteroatoms. The lowest BCUT2D eigenvalue weighted by Crippen LogP contribution is -2.25. The van der Waals surface area contributed by atoms with Gasteiger partial charge in [0.25, 0.3) is 0 Å². The van der Waals surface area contributed by atoms with Crippen LogP contribution in [0.15, 0.2) is 30.5 Å². The van der Waals surface area contributed by atoms with Crippen molar-refractivity contribution >= 4 is 16.8 Å². The van der Waals surface area contributed by atoms with E-state index >= 15 is 0 Å². The summed E-state index contributed by atoms with van der Waals surface area (Å²) in [5.41, 5.74) is 1.88. The lowest BCUT2D eigenvalue weighted by molar-refractivity contribution is -0.121. The van der Waals surface area contributed by atoms with E-state index in [4.69, 9.17) is 0 Å². The molecule has 2 N–H and O–H groups in total. The minimum absolute atomic E-state index is 0.148. The van der Waals surface area contributed by atoms with E-state index in [0.717, 1.165) is 35.7 Å². The van der Waals surface area contributed by atoms with Gasteiger partial charge in [0.15, 0.2) is 0 Å². The van der Waals surface area contributed by atoms with Crippen molar-refractivity contribution in [3.05, 3.63) is 36.0 Å². The molecule has 0 aliphatic heterocycles. The first-order valence-corrected chi connectivity index (χ1v) is 15.3. The standard InChI is InChI=1S/C32H54N2O2/c1-2-3-4-5-6-7-8-9-10-11-12-13-14-15-16-17-18-19-20-25-32(35)33-27-26-29-28-34(36)31-24-22-21-23-30(29)31/h21-24,28,36H,2-20,25-27H2,1H3,(H,33,35). The summed E-state index contributed by atoms with van der Waals surface area (Å²) in [5.74, 6) is 0.148. The van der Waals surface area contributed by atoms with Gasteiger partial charge in [0.1, 0.15) is 0 Å². The monoisotopic (exact) mass is 498 g/mol. The summed E-state index contributed by atoms with van der Waals surface area (Å²) in [6, 6.07) is 7.80. The molecule has 36 heavy (non-hydrogen) atoms. The predicted molar refractivity (Wildman–Crippen MR) is 154 cm³/mol. The largest absolute Gasteiger partial charge is 0.428 e. The van der Waals surface area contributed by atoms with E-state index in [0.29, 0.717) is 13.0 Å². The van der Waals surface area contributed by atoms with E-state index < -0.39 is 0 Å². The van der Waals surface area contributed by atoms with Crippen LogP contribution in [0, 0.1) is 0 Å². The fourth-order valence-corrected chi connectivity index (χ4v) is 5.22. The molecule has 1 aromatic heterocycles. The van der Waals surface area contributed by atoms with Crippen LogP contribution in [0.5, 0.6) is 0 Å². The quantitative estimate of drug-likeness (QED) is 0.118. The molecule has 1 amide bonds. The van der Waals surface area contributed by atoms with Crippen molar-refractivity contribution in [2.45, 2.75) is 142 Å². The smallest absolute Gasteiger partial charge is 0.220 e. The average Bonchev–Trinajstić information content (AvgIpc) is 3.21. The molecule has 0 unspecified atom stereocenters. The minimum atomic E-state index is 0.148. The first-order valence-electron chi connectivity index (χ1n) is 15.3. The van der Waals surface area contributed by atoms with Crippen molar-refractivity contribution in [2.24, 2.45) is 0 Å². The Morgan fingerprint density at radius 2 is 1.19 bits per heavy atom. The van der Waals surface area contributed by atoms with Gasteiger partial charge in [-0.25, -0.2) is 0 Å². The molecule has 0 radical (unpaired) electrons. The van der Waals surface area contributed by atoms with Gasteiger partial charge in [-0.1, -0.05) is 141 Å². The Balaban J connectivity index is 1.31. The second-order valence-corrected chi connectivity index (χ2v) is 10.7. The molecule has 2 rings (SSSR count). The SMILES string of the molecule is CCCCCCCCCCCCCCCCCCCCCC(=O)NCCc1cn(O)c2ccccc12. The highest BCUT2D eigenvalue weighted by atomic mass is 16.5. The molecule has 0 spiro atoms. The summed E-state index contributed by atoms with van der Waals surface area (Å²) in [6.45, 7) is 2.90. The first-order chi connectivity index (χ1) is 17.7. The molecule has 0 saturated carbocycles. The number of benzene rings is 1. The summed E-state index contributed by atoms with van der Waals surface area (Å²) >= 11 is 0. The zero-order valence-corrected chi connectivity index (χ0v) is 23.2. The van der Waals surface area contributed by atoms with Crippen LogP contribution in [-0.4, -0.2) is 22.4 Å². The molecule has 0 aliphatic carbocycles. The summed E-state index contributed by atoms with van der Waals surface area (Å²) in [7, 11) is 0. The van der Waals surface area contributed by atoms with Crippen LogP contribution in [0.3, 0.4) is 0 Å². The molecule has 0 atom stereocenters. The Kier molecular flexibility index (Phi) is 16.9. The molecule has 1 aromatic carbocycles. The molecule has 0 saturated heterocycles. The van der Waals surface area contributed by atoms with E-state index in [1.165, 1.54) is 114 Å². The molecule has 4 nitrogen and oxygen atoms in total. The van der Waals surface area contributed by atoms with Crippen molar-refractivity contribution in [2.75, 3.05) is 6.54 Å². The van der Waals surface area contributed by atoms with Crippen LogP contribution in [-0.2, 0) is 11.2 Å². The van der Waals surface area contributed by atoms with Crippen LogP contribution in [0.25, 0.3) is 10.9 Å². The maximum atomic E-state index is 12.1. The number of carbonyl (C=O) groups excluding carboxylic acids is 1. The summed E-state index contributed by atoms with van der Waals surface area (Å²) < 4.78 is 1.17. The third-order valence-electron chi connectivity index (χ3n) is 7.50. The fourth-order valence-electron chi connectivity index (χ4n) is 5.22. The van der Waals surface area contributed by atoms with Crippen LogP contribution < -0.4 is 5.32 Å². The Bertz CT molecular complexity index is 814. The van der Waals surface area contributed by atoms with Crippen molar-refractivity contribution in [3.8, 4) is 0 Å². The van der Waals surface area contributed by atoms with Gasteiger partial charge >= 0.3 is 0 Å². The highest BCUT2D eigenvalue weighted by Crippen LogP contribution is 2.20. The highest BCUT2D eigenvalue weighted by Gasteiger charge is 2.08. The van der Waals surface area contributed by atoms with E-state index in [9.17, 15) is 10.0 Å². The molecule has 204 valence electrons. The first kappa shape index (κ1) is 30.3. The Hall–Kier alpha value is -1.97. The Morgan fingerprint density at radius 1 is 0.722 bits per heavy atom. The van der Waals surface area contributed by atoms with E-state index in [1.54, 1.807) is 6.20 Å². The maximum Gasteiger partial charge on any atom is 0.220 e. The lowest BCUT2D eigenvalue weighted by atomic mass is 10.0. The number of carbonyl (C=O) groups is 1. The topological polar surface area (TPSA) is 54.3 Å². The van der Waals surface area contributed by atoms with Gasteiger partial charge in [-0.05, 0) is 24.5 Å². The normalized spacial score (nSPS) is 11.4. The molecule has 2 aromatic rings. The van der Waals surface area contributed by atoms with Gasteiger partial charge in [0, 0.05) is 24.5 Å². The third kappa shape index (κ3) is 13.4. The molecule has 0 aliphatic rings. The van der Waals surface area contributed by atoms with Crippen molar-refractivity contribution < 1.29 is 10.0 Å². The van der Waals surface area contributed by atoms with Gasteiger partial charge in [0.2, 0.25) is 5.91 Å². The Labute approximate surface area is 221 Å². The van der Waals surface area contributed by atoms with Gasteiger partial charge in [-0.2, -0.15) is 4.73 Å². The van der Waals surface area contributed by atoms with E-state index in [2.05, 4.69) is 12.2 Å². The van der Waals surface area contributed by atoms with Crippen molar-refractivity contribution in [1.82, 2.24) is 10.0 Å². The molecule has 1 heterocycles. The molecular weight excluding hydrogens is 444 g/mol. The van der Waals surface area contributed by atoms with Crippen molar-refractivity contribution in [3.63, 3.8) is 0 Å². The fraction of sp³-hybridized carbons (Fsp3) is 0.719. The highest BCUT2D eigenvalue weighted by molar-refractivity contribution is 5.83. The second kappa shape index (κ2) is 20.1. The van der Waals surface area contributed by atoms with Crippen LogP contribution in [0.4, 0.5) is 0 Å². The summed E-state index contributed by atoms with van der Waals surface area (Å²) in [6.07, 6.45) is 29.1. The van der Waals surface area contributed by atoms with Gasteiger partial charge in [0.05, 0.1) is 5.52 Å². The van der Waals surface area contributed by atoms with Crippen LogP contribution in [0.1, 0.15) is 141 Å². The second-order valence-electron chi connectivity index (χ2n) is 10.7. The number of unbranched alkanes of at least 4 members (excludes halogenated alkanes) is 18. The number of aromatic nitrogens is 1. The number of rotatable bonds is 23. The van der Waals surface area contributed by atoms with Crippen LogP contribution in [0.2, 0.25) is 0 Å². The van der Waals surface area contributed by atoms with E-state index in [1.807, 2.05) is 24.3 Å². The number of hydrogen-bond acceptors (Lipinski definition) is 2. The molecule has 0 fully saturated rings. The Morgan fingerprint density at radius 3 is 1.72 bits per heavy atom. The van der Waals surface area contributed by atoms with Gasteiger partial charge in [-0.3, -0.25) is 4.79 Å². The predicted octanol–water partition coefficient (Wildman–Crippen LogP) is 9.36. The average molecular weight is 499 g/mol. The number of amides is 1. The third-order valence-corrected chi connectivity index (χ3v) is 7.50. The zero-order valence-electron chi connectivity index (χ0n) is 23.2. The summed E-state index contributed by atoms with van der Waals surface area (Å²) in [5, 5.41) is 14.0. The molecular formula is C32H54N2O2. The number of nitrogens with zero attached hydrogens (tertiary/aromatic N) is 1. The van der Waals surface area contributed by atoms with Gasteiger partial charge in [-0.15, -0.1) is 0 Å². The molecule has 0 bridgehead atoms. The van der Waals surface area contributed by atoms with Crippen molar-refractivity contribution in [1.29, 1.82) is 0 Å². The lowest BCUT2D eigenvalue weighted by Gasteiger charge is -2.05. The zero-order chi connectivity index (χ0) is 25.7.